The van der Waals surface area contributed by atoms with Gasteiger partial charge in [0.05, 0.1) is 11.3 Å². The minimum Gasteiger partial charge on any atom is -0.396 e. The molecule has 4 nitrogen and oxygen atoms in total. The lowest BCUT2D eigenvalue weighted by molar-refractivity contribution is 0.0936. The number of hydrogen-bond acceptors (Lipinski definition) is 3. The molecule has 112 valence electrons. The number of hydrogen-bond donors (Lipinski definition) is 2. The zero-order valence-electron chi connectivity index (χ0n) is 11.5. The predicted molar refractivity (Wildman–Crippen MR) is 73.4 cm³/mol. The molecule has 0 bridgehead atoms. The Kier molecular flexibility index (Phi) is 6.93. The van der Waals surface area contributed by atoms with Gasteiger partial charge in [0.15, 0.2) is 0 Å². The van der Waals surface area contributed by atoms with Crippen LogP contribution in [-0.4, -0.2) is 25.7 Å². The highest BCUT2D eigenvalue weighted by Gasteiger charge is 2.14. The Balaban J connectivity index is 2.34. The minimum atomic E-state index is -0.923. The summed E-state index contributed by atoms with van der Waals surface area (Å²) >= 11 is 0. The number of amides is 1. The van der Waals surface area contributed by atoms with E-state index in [-0.39, 0.29) is 11.3 Å². The molecule has 0 unspecified atom stereocenters. The molecule has 0 aromatic heterocycles. The van der Waals surface area contributed by atoms with Gasteiger partial charge in [-0.2, -0.15) is 0 Å². The summed E-state index contributed by atoms with van der Waals surface area (Å²) in [4.78, 5) is 11.7. The first-order valence-electron chi connectivity index (χ1n) is 6.66. The fraction of sp³-hybridized carbons (Fsp3) is 0.500. The van der Waals surface area contributed by atoms with E-state index in [9.17, 15) is 13.6 Å². The number of rotatable bonds is 8. The van der Waals surface area contributed by atoms with Gasteiger partial charge in [-0.25, -0.2) is 8.78 Å². The fourth-order valence-electron chi connectivity index (χ4n) is 1.56. The van der Waals surface area contributed by atoms with Crippen molar-refractivity contribution in [3.05, 3.63) is 29.3 Å². The molecule has 1 aromatic carbocycles. The molecule has 3 N–H and O–H groups in total. The van der Waals surface area contributed by atoms with E-state index in [4.69, 9.17) is 10.5 Å². The Bertz CT molecular complexity index is 453. The molecule has 0 atom stereocenters. The van der Waals surface area contributed by atoms with Gasteiger partial charge in [-0.3, -0.25) is 4.79 Å². The number of carbonyl (C=O) groups excluding carboxylic acids is 1. The number of carbonyl (C=O) groups is 1. The van der Waals surface area contributed by atoms with Gasteiger partial charge in [0.1, 0.15) is 11.6 Å². The Morgan fingerprint density at radius 3 is 2.65 bits per heavy atom. The number of nitrogen functional groups attached to an aromatic ring is 1. The van der Waals surface area contributed by atoms with Gasteiger partial charge in [0.25, 0.3) is 5.91 Å². The molecule has 0 aliphatic heterocycles. The van der Waals surface area contributed by atoms with Crippen LogP contribution < -0.4 is 11.1 Å². The first-order valence-corrected chi connectivity index (χ1v) is 6.66. The Morgan fingerprint density at radius 2 is 1.95 bits per heavy atom. The van der Waals surface area contributed by atoms with E-state index in [1.54, 1.807) is 0 Å². The number of unbranched alkanes of at least 4 members (excludes halogenated alkanes) is 1. The molecule has 0 radical (unpaired) electrons. The van der Waals surface area contributed by atoms with Gasteiger partial charge in [-0.05, 0) is 18.9 Å². The highest BCUT2D eigenvalue weighted by molar-refractivity contribution is 5.95. The topological polar surface area (TPSA) is 64.3 Å². The van der Waals surface area contributed by atoms with Crippen LogP contribution in [0.2, 0.25) is 0 Å². The summed E-state index contributed by atoms with van der Waals surface area (Å²) < 4.78 is 31.7. The third kappa shape index (κ3) is 5.13. The molecule has 1 aromatic rings. The van der Waals surface area contributed by atoms with E-state index >= 15 is 0 Å². The Morgan fingerprint density at radius 1 is 1.25 bits per heavy atom. The molecule has 6 heteroatoms. The maximum atomic E-state index is 13.4. The minimum absolute atomic E-state index is 0.251. The zero-order chi connectivity index (χ0) is 15.0. The van der Waals surface area contributed by atoms with Crippen molar-refractivity contribution in [3.8, 4) is 0 Å². The van der Waals surface area contributed by atoms with Crippen molar-refractivity contribution in [2.75, 3.05) is 25.5 Å². The highest BCUT2D eigenvalue weighted by Crippen LogP contribution is 2.16. The van der Waals surface area contributed by atoms with Crippen LogP contribution in [0.15, 0.2) is 12.1 Å². The van der Waals surface area contributed by atoms with Gasteiger partial charge in [-0.1, -0.05) is 13.3 Å². The van der Waals surface area contributed by atoms with E-state index in [1.165, 1.54) is 0 Å². The summed E-state index contributed by atoms with van der Waals surface area (Å²) in [5, 5.41) is 2.54. The number of ether oxygens (including phenoxy) is 1. The molecule has 0 saturated carbocycles. The van der Waals surface area contributed by atoms with Crippen molar-refractivity contribution >= 4 is 11.6 Å². The number of nitrogens with one attached hydrogen (secondary N) is 1. The maximum absolute atomic E-state index is 13.4. The first kappa shape index (κ1) is 16.4. The largest absolute Gasteiger partial charge is 0.396 e. The molecule has 1 amide bonds. The molecule has 0 aliphatic rings. The summed E-state index contributed by atoms with van der Waals surface area (Å²) in [5.74, 6) is -2.40. The molecular formula is C14H20F2N2O2. The number of halogens is 2. The third-order valence-corrected chi connectivity index (χ3v) is 2.72. The smallest absolute Gasteiger partial charge is 0.254 e. The SMILES string of the molecule is CCCCOCCCNC(=O)c1cc(N)c(F)cc1F. The predicted octanol–water partition coefficient (Wildman–Crippen LogP) is 2.48. The summed E-state index contributed by atoms with van der Waals surface area (Å²) in [5.41, 5.74) is 4.80. The van der Waals surface area contributed by atoms with Gasteiger partial charge in [-0.15, -0.1) is 0 Å². The number of nitrogens with two attached hydrogens (primary N) is 1. The van der Waals surface area contributed by atoms with Crippen LogP contribution in [0.4, 0.5) is 14.5 Å². The van der Waals surface area contributed by atoms with Crippen LogP contribution in [0.3, 0.4) is 0 Å². The molecule has 0 fully saturated rings. The standard InChI is InChI=1S/C14H20F2N2O2/c1-2-3-6-20-7-4-5-18-14(19)10-8-13(17)12(16)9-11(10)15/h8-9H,2-7,17H2,1H3,(H,18,19). The Labute approximate surface area is 117 Å². The normalized spacial score (nSPS) is 10.6. The number of benzene rings is 1. The lowest BCUT2D eigenvalue weighted by atomic mass is 10.1. The zero-order valence-corrected chi connectivity index (χ0v) is 11.5. The van der Waals surface area contributed by atoms with Gasteiger partial charge >= 0.3 is 0 Å². The lowest BCUT2D eigenvalue weighted by Gasteiger charge is -2.08. The van der Waals surface area contributed by atoms with Crippen LogP contribution in [0.25, 0.3) is 0 Å². The fourth-order valence-corrected chi connectivity index (χ4v) is 1.56. The van der Waals surface area contributed by atoms with E-state index < -0.39 is 17.5 Å². The summed E-state index contributed by atoms with van der Waals surface area (Å²) in [6.45, 7) is 3.68. The van der Waals surface area contributed by atoms with Crippen molar-refractivity contribution < 1.29 is 18.3 Å². The average Bonchev–Trinajstić information content (AvgIpc) is 2.41. The molecule has 1 rings (SSSR count). The van der Waals surface area contributed by atoms with Crippen molar-refractivity contribution in [1.82, 2.24) is 5.32 Å². The van der Waals surface area contributed by atoms with Crippen molar-refractivity contribution in [1.29, 1.82) is 0 Å². The van der Waals surface area contributed by atoms with Crippen molar-refractivity contribution in [2.45, 2.75) is 26.2 Å². The molecule has 20 heavy (non-hydrogen) atoms. The van der Waals surface area contributed by atoms with E-state index in [1.807, 2.05) is 0 Å². The second-order valence-electron chi connectivity index (χ2n) is 4.43. The second-order valence-corrected chi connectivity index (χ2v) is 4.43. The third-order valence-electron chi connectivity index (χ3n) is 2.72. The van der Waals surface area contributed by atoms with E-state index in [2.05, 4.69) is 12.2 Å². The van der Waals surface area contributed by atoms with E-state index in [0.717, 1.165) is 18.9 Å². The lowest BCUT2D eigenvalue weighted by Crippen LogP contribution is -2.26. The van der Waals surface area contributed by atoms with Crippen molar-refractivity contribution in [2.24, 2.45) is 0 Å². The average molecular weight is 286 g/mol. The monoisotopic (exact) mass is 286 g/mol. The summed E-state index contributed by atoms with van der Waals surface area (Å²) in [7, 11) is 0. The summed E-state index contributed by atoms with van der Waals surface area (Å²) in [6, 6.07) is 1.61. The first-order chi connectivity index (χ1) is 9.56. The van der Waals surface area contributed by atoms with Crippen LogP contribution >= 0.6 is 0 Å². The molecule has 0 heterocycles. The van der Waals surface area contributed by atoms with E-state index in [0.29, 0.717) is 32.2 Å². The maximum Gasteiger partial charge on any atom is 0.254 e. The van der Waals surface area contributed by atoms with Gasteiger partial charge in [0, 0.05) is 25.8 Å². The molecule has 0 aliphatic carbocycles. The van der Waals surface area contributed by atoms with Gasteiger partial charge in [0.2, 0.25) is 0 Å². The quantitative estimate of drug-likeness (QED) is 0.570. The van der Waals surface area contributed by atoms with Crippen LogP contribution in [0, 0.1) is 11.6 Å². The number of anilines is 1. The Hall–Kier alpha value is -1.69. The second kappa shape index (κ2) is 8.47. The van der Waals surface area contributed by atoms with Crippen LogP contribution in [0.1, 0.15) is 36.5 Å². The molecular weight excluding hydrogens is 266 g/mol. The van der Waals surface area contributed by atoms with Crippen LogP contribution in [-0.2, 0) is 4.74 Å². The summed E-state index contributed by atoms with van der Waals surface area (Å²) in [6.07, 6.45) is 2.71. The highest BCUT2D eigenvalue weighted by atomic mass is 19.1. The van der Waals surface area contributed by atoms with Gasteiger partial charge < -0.3 is 15.8 Å². The van der Waals surface area contributed by atoms with Crippen LogP contribution in [0.5, 0.6) is 0 Å². The molecule has 0 saturated heterocycles. The molecule has 0 spiro atoms. The van der Waals surface area contributed by atoms with Crippen molar-refractivity contribution in [3.63, 3.8) is 0 Å².